The molecule has 0 fully saturated rings. The summed E-state index contributed by atoms with van der Waals surface area (Å²) in [4.78, 5) is 13.5. The summed E-state index contributed by atoms with van der Waals surface area (Å²) in [7, 11) is 3.39. The molecule has 0 saturated carbocycles. The molecule has 2 N–H and O–H groups in total. The maximum atomic E-state index is 11.9. The van der Waals surface area contributed by atoms with Crippen molar-refractivity contribution in [3.63, 3.8) is 0 Å². The molecule has 1 rings (SSSR count). The molecular weight excluding hydrogens is 228 g/mol. The summed E-state index contributed by atoms with van der Waals surface area (Å²) in [5, 5.41) is 0. The quantitative estimate of drug-likeness (QED) is 0.638. The SMILES string of the molecule is COCC(C)N(C)C(=O)/C=C/c1ccc(N)cc1. The van der Waals surface area contributed by atoms with Crippen LogP contribution >= 0.6 is 0 Å². The van der Waals surface area contributed by atoms with Crippen molar-refractivity contribution in [1.82, 2.24) is 4.90 Å². The van der Waals surface area contributed by atoms with E-state index in [2.05, 4.69) is 0 Å². The molecule has 0 saturated heterocycles. The molecule has 0 aliphatic heterocycles. The van der Waals surface area contributed by atoms with Crippen LogP contribution in [0, 0.1) is 0 Å². The van der Waals surface area contributed by atoms with E-state index in [4.69, 9.17) is 10.5 Å². The summed E-state index contributed by atoms with van der Waals surface area (Å²) in [5.74, 6) is -0.0450. The molecule has 0 radical (unpaired) electrons. The molecule has 1 aromatic rings. The van der Waals surface area contributed by atoms with Crippen LogP contribution in [0.25, 0.3) is 6.08 Å². The predicted molar refractivity (Wildman–Crippen MR) is 74.0 cm³/mol. The number of likely N-dealkylation sites (N-methyl/N-ethyl adjacent to an activating group) is 1. The Morgan fingerprint density at radius 1 is 1.44 bits per heavy atom. The molecule has 0 aromatic heterocycles. The van der Waals surface area contributed by atoms with Crippen molar-refractivity contribution in [2.75, 3.05) is 26.5 Å². The van der Waals surface area contributed by atoms with Gasteiger partial charge in [0, 0.05) is 25.9 Å². The Morgan fingerprint density at radius 2 is 2.06 bits per heavy atom. The van der Waals surface area contributed by atoms with Gasteiger partial charge in [-0.05, 0) is 30.7 Å². The highest BCUT2D eigenvalue weighted by atomic mass is 16.5. The van der Waals surface area contributed by atoms with Gasteiger partial charge in [0.25, 0.3) is 0 Å². The summed E-state index contributed by atoms with van der Waals surface area (Å²) in [5.41, 5.74) is 7.25. The van der Waals surface area contributed by atoms with Gasteiger partial charge in [0.05, 0.1) is 12.6 Å². The van der Waals surface area contributed by atoms with Gasteiger partial charge in [-0.3, -0.25) is 4.79 Å². The molecule has 1 amide bonds. The third-order valence-electron chi connectivity index (χ3n) is 2.77. The number of benzene rings is 1. The van der Waals surface area contributed by atoms with Gasteiger partial charge in [0.15, 0.2) is 0 Å². The molecule has 1 unspecified atom stereocenters. The fourth-order valence-electron chi connectivity index (χ4n) is 1.46. The maximum Gasteiger partial charge on any atom is 0.246 e. The highest BCUT2D eigenvalue weighted by molar-refractivity contribution is 5.91. The number of nitrogens with zero attached hydrogens (tertiary/aromatic N) is 1. The third kappa shape index (κ3) is 4.22. The molecule has 0 bridgehead atoms. The first kappa shape index (κ1) is 14.3. The molecule has 1 aromatic carbocycles. The molecule has 0 heterocycles. The Morgan fingerprint density at radius 3 is 2.61 bits per heavy atom. The van der Waals surface area contributed by atoms with E-state index in [9.17, 15) is 4.79 Å². The van der Waals surface area contributed by atoms with E-state index in [-0.39, 0.29) is 11.9 Å². The minimum Gasteiger partial charge on any atom is -0.399 e. The molecule has 0 aliphatic rings. The number of carbonyl (C=O) groups excluding carboxylic acids is 1. The number of carbonyl (C=O) groups is 1. The molecule has 0 spiro atoms. The lowest BCUT2D eigenvalue weighted by atomic mass is 10.2. The van der Waals surface area contributed by atoms with E-state index in [1.165, 1.54) is 0 Å². The molecule has 18 heavy (non-hydrogen) atoms. The second-order valence-electron chi connectivity index (χ2n) is 4.25. The lowest BCUT2D eigenvalue weighted by Gasteiger charge is -2.22. The van der Waals surface area contributed by atoms with Crippen molar-refractivity contribution in [1.29, 1.82) is 0 Å². The van der Waals surface area contributed by atoms with Gasteiger partial charge in [-0.25, -0.2) is 0 Å². The van der Waals surface area contributed by atoms with Crippen LogP contribution in [0.3, 0.4) is 0 Å². The number of hydrogen-bond donors (Lipinski definition) is 1. The van der Waals surface area contributed by atoms with Crippen LogP contribution in [-0.4, -0.2) is 37.6 Å². The number of methoxy groups -OCH3 is 1. The Bertz CT molecular complexity index is 412. The minimum atomic E-state index is -0.0450. The van der Waals surface area contributed by atoms with Crippen LogP contribution in [0.5, 0.6) is 0 Å². The number of rotatable bonds is 5. The van der Waals surface area contributed by atoms with E-state index in [1.807, 2.05) is 19.1 Å². The van der Waals surface area contributed by atoms with Crippen molar-refractivity contribution < 1.29 is 9.53 Å². The number of nitrogen functional groups attached to an aromatic ring is 1. The first-order valence-electron chi connectivity index (χ1n) is 5.84. The number of amides is 1. The summed E-state index contributed by atoms with van der Waals surface area (Å²) in [6.45, 7) is 2.47. The van der Waals surface area contributed by atoms with Gasteiger partial charge in [-0.2, -0.15) is 0 Å². The van der Waals surface area contributed by atoms with E-state index >= 15 is 0 Å². The minimum absolute atomic E-state index is 0.0450. The largest absolute Gasteiger partial charge is 0.399 e. The number of anilines is 1. The van der Waals surface area contributed by atoms with Crippen molar-refractivity contribution in [3.8, 4) is 0 Å². The zero-order valence-electron chi connectivity index (χ0n) is 11.1. The summed E-state index contributed by atoms with van der Waals surface area (Å²) in [6.07, 6.45) is 3.33. The smallest absolute Gasteiger partial charge is 0.246 e. The van der Waals surface area contributed by atoms with Crippen LogP contribution in [-0.2, 0) is 9.53 Å². The van der Waals surface area contributed by atoms with Crippen LogP contribution < -0.4 is 5.73 Å². The van der Waals surface area contributed by atoms with Gasteiger partial charge in [0.2, 0.25) is 5.91 Å². The number of ether oxygens (including phenoxy) is 1. The highest BCUT2D eigenvalue weighted by Gasteiger charge is 2.12. The summed E-state index contributed by atoms with van der Waals surface area (Å²) >= 11 is 0. The van der Waals surface area contributed by atoms with Gasteiger partial charge in [-0.1, -0.05) is 12.1 Å². The lowest BCUT2D eigenvalue weighted by Crippen LogP contribution is -2.36. The first-order chi connectivity index (χ1) is 8.54. The Labute approximate surface area is 108 Å². The van der Waals surface area contributed by atoms with Gasteiger partial charge in [-0.15, -0.1) is 0 Å². The van der Waals surface area contributed by atoms with Crippen LogP contribution in [0.4, 0.5) is 5.69 Å². The van der Waals surface area contributed by atoms with Crippen molar-refractivity contribution >= 4 is 17.7 Å². The van der Waals surface area contributed by atoms with Crippen molar-refractivity contribution in [2.45, 2.75) is 13.0 Å². The first-order valence-corrected chi connectivity index (χ1v) is 5.84. The molecular formula is C14H20N2O2. The van der Waals surface area contributed by atoms with Gasteiger partial charge >= 0.3 is 0 Å². The maximum absolute atomic E-state index is 11.9. The Balaban J connectivity index is 2.61. The van der Waals surface area contributed by atoms with E-state index in [0.717, 1.165) is 5.56 Å². The molecule has 0 aliphatic carbocycles. The predicted octanol–water partition coefficient (Wildman–Crippen LogP) is 1.78. The molecule has 1 atom stereocenters. The monoisotopic (exact) mass is 248 g/mol. The average Bonchev–Trinajstić information content (AvgIpc) is 2.37. The van der Waals surface area contributed by atoms with Gasteiger partial charge in [0.1, 0.15) is 0 Å². The van der Waals surface area contributed by atoms with Crippen LogP contribution in [0.15, 0.2) is 30.3 Å². The topological polar surface area (TPSA) is 55.6 Å². The Kier molecular flexibility index (Phi) is 5.39. The zero-order chi connectivity index (χ0) is 13.5. The lowest BCUT2D eigenvalue weighted by molar-refractivity contribution is -0.127. The zero-order valence-corrected chi connectivity index (χ0v) is 11.1. The normalized spacial score (nSPS) is 12.6. The van der Waals surface area contributed by atoms with E-state index in [1.54, 1.807) is 43.3 Å². The van der Waals surface area contributed by atoms with E-state index < -0.39 is 0 Å². The van der Waals surface area contributed by atoms with E-state index in [0.29, 0.717) is 12.3 Å². The average molecular weight is 248 g/mol. The number of nitrogens with two attached hydrogens (primary N) is 1. The second kappa shape index (κ2) is 6.81. The standard InChI is InChI=1S/C14H20N2O2/c1-11(10-18-3)16(2)14(17)9-6-12-4-7-13(15)8-5-12/h4-9,11H,10,15H2,1-3H3/b9-6+. The molecule has 98 valence electrons. The van der Waals surface area contributed by atoms with Crippen LogP contribution in [0.1, 0.15) is 12.5 Å². The highest BCUT2D eigenvalue weighted by Crippen LogP contribution is 2.07. The Hall–Kier alpha value is -1.81. The molecule has 4 nitrogen and oxygen atoms in total. The third-order valence-corrected chi connectivity index (χ3v) is 2.77. The fraction of sp³-hybridized carbons (Fsp3) is 0.357. The van der Waals surface area contributed by atoms with Crippen molar-refractivity contribution in [2.24, 2.45) is 0 Å². The summed E-state index contributed by atoms with van der Waals surface area (Å²) < 4.78 is 5.02. The number of hydrogen-bond acceptors (Lipinski definition) is 3. The fourth-order valence-corrected chi connectivity index (χ4v) is 1.46. The van der Waals surface area contributed by atoms with Crippen molar-refractivity contribution in [3.05, 3.63) is 35.9 Å². The molecule has 4 heteroatoms. The summed E-state index contributed by atoms with van der Waals surface area (Å²) in [6, 6.07) is 7.41. The van der Waals surface area contributed by atoms with Gasteiger partial charge < -0.3 is 15.4 Å². The second-order valence-corrected chi connectivity index (χ2v) is 4.25. The van der Waals surface area contributed by atoms with Crippen LogP contribution in [0.2, 0.25) is 0 Å².